The van der Waals surface area contributed by atoms with Crippen LogP contribution in [0.25, 0.3) is 0 Å². The monoisotopic (exact) mass is 471 g/mol. The molecule has 1 aromatic carbocycles. The highest BCUT2D eigenvalue weighted by Crippen LogP contribution is 2.41. The largest absolute Gasteiger partial charge is 0.481 e. The predicted molar refractivity (Wildman–Crippen MR) is 133 cm³/mol. The van der Waals surface area contributed by atoms with E-state index in [0.717, 1.165) is 58.7 Å². The second kappa shape index (κ2) is 9.76. The van der Waals surface area contributed by atoms with E-state index in [0.29, 0.717) is 18.3 Å². The number of likely N-dealkylation sites (tertiary alicyclic amines) is 2. The third-order valence-electron chi connectivity index (χ3n) is 7.81. The number of piperidine rings is 2. The van der Waals surface area contributed by atoms with Gasteiger partial charge in [-0.2, -0.15) is 0 Å². The minimum Gasteiger partial charge on any atom is -0.481 e. The molecule has 4 rings (SSSR count). The van der Waals surface area contributed by atoms with Crippen molar-refractivity contribution in [2.75, 3.05) is 44.2 Å². The maximum Gasteiger partial charge on any atom is 0.410 e. The van der Waals surface area contributed by atoms with Gasteiger partial charge in [0.2, 0.25) is 0 Å². The van der Waals surface area contributed by atoms with Gasteiger partial charge in [0.05, 0.1) is 5.92 Å². The lowest BCUT2D eigenvalue weighted by Crippen LogP contribution is -2.46. The quantitative estimate of drug-likeness (QED) is 0.696. The van der Waals surface area contributed by atoms with Crippen molar-refractivity contribution in [2.24, 2.45) is 11.3 Å². The molecule has 1 N–H and O–H groups in total. The third kappa shape index (κ3) is 5.85. The van der Waals surface area contributed by atoms with Crippen LogP contribution in [0.5, 0.6) is 0 Å². The average Bonchev–Trinajstić information content (AvgIpc) is 3.16. The van der Waals surface area contributed by atoms with E-state index in [2.05, 4.69) is 34.9 Å². The second-order valence-corrected chi connectivity index (χ2v) is 11.7. The highest BCUT2D eigenvalue weighted by molar-refractivity contribution is 5.70. The number of rotatable bonds is 4. The van der Waals surface area contributed by atoms with Gasteiger partial charge in [-0.1, -0.05) is 12.1 Å². The van der Waals surface area contributed by atoms with Crippen molar-refractivity contribution in [3.05, 3.63) is 29.3 Å². The Morgan fingerprint density at radius 1 is 1.06 bits per heavy atom. The van der Waals surface area contributed by atoms with Crippen LogP contribution in [-0.4, -0.2) is 71.8 Å². The number of nitrogens with zero attached hydrogens (tertiary/aromatic N) is 3. The van der Waals surface area contributed by atoms with E-state index in [-0.39, 0.29) is 12.0 Å². The Morgan fingerprint density at radius 3 is 2.32 bits per heavy atom. The molecule has 0 bridgehead atoms. The van der Waals surface area contributed by atoms with Gasteiger partial charge < -0.3 is 19.6 Å². The van der Waals surface area contributed by atoms with Crippen LogP contribution in [0.4, 0.5) is 10.5 Å². The zero-order valence-corrected chi connectivity index (χ0v) is 21.3. The minimum absolute atomic E-state index is 0.187. The summed E-state index contributed by atoms with van der Waals surface area (Å²) in [5.74, 6) is -0.876. The van der Waals surface area contributed by atoms with Gasteiger partial charge in [-0.05, 0) is 89.0 Å². The summed E-state index contributed by atoms with van der Waals surface area (Å²) in [6, 6.07) is 6.71. The second-order valence-electron chi connectivity index (χ2n) is 11.7. The Kier molecular flexibility index (Phi) is 7.13. The fraction of sp³-hybridized carbons (Fsp3) is 0.704. The zero-order valence-electron chi connectivity index (χ0n) is 21.3. The molecule has 3 aliphatic heterocycles. The van der Waals surface area contributed by atoms with Gasteiger partial charge in [-0.25, -0.2) is 4.79 Å². The molecule has 34 heavy (non-hydrogen) atoms. The van der Waals surface area contributed by atoms with Crippen LogP contribution >= 0.6 is 0 Å². The highest BCUT2D eigenvalue weighted by atomic mass is 16.6. The van der Waals surface area contributed by atoms with Gasteiger partial charge in [0.1, 0.15) is 5.60 Å². The van der Waals surface area contributed by atoms with Crippen molar-refractivity contribution >= 4 is 17.7 Å². The number of carbonyl (C=O) groups is 2. The van der Waals surface area contributed by atoms with Crippen molar-refractivity contribution in [1.82, 2.24) is 9.80 Å². The molecule has 0 aliphatic carbocycles. The summed E-state index contributed by atoms with van der Waals surface area (Å²) in [5, 5.41) is 9.35. The van der Waals surface area contributed by atoms with E-state index in [1.807, 2.05) is 25.7 Å². The van der Waals surface area contributed by atoms with E-state index in [1.54, 1.807) is 0 Å². The van der Waals surface area contributed by atoms with Gasteiger partial charge >= 0.3 is 12.1 Å². The smallest absolute Gasteiger partial charge is 0.410 e. The molecule has 0 unspecified atom stereocenters. The molecule has 3 fully saturated rings. The van der Waals surface area contributed by atoms with E-state index < -0.39 is 11.6 Å². The summed E-state index contributed by atoms with van der Waals surface area (Å²) >= 11 is 0. The van der Waals surface area contributed by atoms with Crippen molar-refractivity contribution in [3.8, 4) is 0 Å². The Balaban J connectivity index is 1.35. The van der Waals surface area contributed by atoms with Gasteiger partial charge in [-0.3, -0.25) is 9.69 Å². The first-order chi connectivity index (χ1) is 16.0. The number of carbonyl (C=O) groups excluding carboxylic acids is 1. The van der Waals surface area contributed by atoms with Crippen molar-refractivity contribution in [1.29, 1.82) is 0 Å². The van der Waals surface area contributed by atoms with Gasteiger partial charge in [0, 0.05) is 45.0 Å². The highest BCUT2D eigenvalue weighted by Gasteiger charge is 2.42. The molecule has 188 valence electrons. The summed E-state index contributed by atoms with van der Waals surface area (Å²) in [7, 11) is 0. The van der Waals surface area contributed by atoms with Gasteiger partial charge in [0.15, 0.2) is 0 Å². The molecule has 3 heterocycles. The number of benzene rings is 1. The lowest BCUT2D eigenvalue weighted by molar-refractivity contribution is -0.142. The first-order valence-corrected chi connectivity index (χ1v) is 12.8. The van der Waals surface area contributed by atoms with Crippen molar-refractivity contribution in [2.45, 2.75) is 71.9 Å². The van der Waals surface area contributed by atoms with E-state index in [9.17, 15) is 14.7 Å². The maximum absolute atomic E-state index is 12.5. The first-order valence-electron chi connectivity index (χ1n) is 12.8. The molecule has 1 spiro atoms. The molecular formula is C27H41N3O4. The lowest BCUT2D eigenvalue weighted by Gasteiger charge is -2.39. The molecule has 1 amide bonds. The Hall–Kier alpha value is -2.28. The van der Waals surface area contributed by atoms with Crippen LogP contribution in [0.3, 0.4) is 0 Å². The Morgan fingerprint density at radius 2 is 1.71 bits per heavy atom. The third-order valence-corrected chi connectivity index (χ3v) is 7.81. The molecule has 7 heteroatoms. The van der Waals surface area contributed by atoms with Crippen LogP contribution in [0, 0.1) is 18.3 Å². The van der Waals surface area contributed by atoms with Crippen LogP contribution in [-0.2, 0) is 16.1 Å². The van der Waals surface area contributed by atoms with Gasteiger partial charge in [0.25, 0.3) is 0 Å². The number of carboxylic acids is 1. The number of aryl methyl sites for hydroxylation is 1. The van der Waals surface area contributed by atoms with Crippen LogP contribution in [0.15, 0.2) is 18.2 Å². The number of anilines is 1. The average molecular weight is 472 g/mol. The molecule has 0 aromatic heterocycles. The van der Waals surface area contributed by atoms with Crippen LogP contribution in [0.2, 0.25) is 0 Å². The van der Waals surface area contributed by atoms with E-state index in [1.165, 1.54) is 23.2 Å². The van der Waals surface area contributed by atoms with Crippen molar-refractivity contribution < 1.29 is 19.4 Å². The summed E-state index contributed by atoms with van der Waals surface area (Å²) in [5.41, 5.74) is 3.69. The topological polar surface area (TPSA) is 73.3 Å². The van der Waals surface area contributed by atoms with Gasteiger partial charge in [-0.15, -0.1) is 0 Å². The molecule has 0 atom stereocenters. The minimum atomic E-state index is -0.663. The molecule has 0 radical (unpaired) electrons. The van der Waals surface area contributed by atoms with Crippen LogP contribution in [0.1, 0.15) is 64.0 Å². The summed E-state index contributed by atoms with van der Waals surface area (Å²) in [4.78, 5) is 30.6. The molecule has 3 aliphatic rings. The normalized spacial score (nSPS) is 21.8. The summed E-state index contributed by atoms with van der Waals surface area (Å²) in [6.45, 7) is 14.1. The zero-order chi connectivity index (χ0) is 24.5. The number of ether oxygens (including phenoxy) is 1. The fourth-order valence-corrected chi connectivity index (χ4v) is 5.77. The Labute approximate surface area is 204 Å². The predicted octanol–water partition coefficient (Wildman–Crippen LogP) is 4.52. The molecular weight excluding hydrogens is 430 g/mol. The van der Waals surface area contributed by atoms with Crippen molar-refractivity contribution in [3.63, 3.8) is 0 Å². The maximum atomic E-state index is 12.5. The number of carboxylic acid groups (broad SMARTS) is 1. The fourth-order valence-electron chi connectivity index (χ4n) is 5.77. The van der Waals surface area contributed by atoms with E-state index >= 15 is 0 Å². The Bertz CT molecular complexity index is 894. The lowest BCUT2D eigenvalue weighted by atomic mass is 9.78. The first kappa shape index (κ1) is 24.8. The molecule has 1 aromatic rings. The van der Waals surface area contributed by atoms with Crippen LogP contribution < -0.4 is 4.90 Å². The number of amides is 1. The summed E-state index contributed by atoms with van der Waals surface area (Å²) in [6.07, 6.45) is 4.49. The standard InChI is InChI=1S/C27H41N3O4/c1-20-5-6-22(23(17-20)29-12-7-21(8-13-29)24(31)32)18-28-14-9-27(19-28)10-15-30(16-11-27)25(33)34-26(2,3)4/h5-6,17,21H,7-16,18-19H2,1-4H3,(H,31,32). The SMILES string of the molecule is Cc1ccc(CN2CCC3(CCN(C(=O)OC(C)(C)C)CC3)C2)c(N2CCC(C(=O)O)CC2)c1. The number of hydrogen-bond acceptors (Lipinski definition) is 5. The molecule has 0 saturated carbocycles. The summed E-state index contributed by atoms with van der Waals surface area (Å²) < 4.78 is 5.57. The molecule has 3 saturated heterocycles. The number of aliphatic carboxylic acids is 1. The molecule has 7 nitrogen and oxygen atoms in total. The number of hydrogen-bond donors (Lipinski definition) is 1. The van der Waals surface area contributed by atoms with E-state index in [4.69, 9.17) is 4.74 Å².